The molecule has 0 radical (unpaired) electrons. The molecule has 0 saturated heterocycles. The van der Waals surface area contributed by atoms with E-state index in [-0.39, 0.29) is 30.5 Å². The highest BCUT2D eigenvalue weighted by Gasteiger charge is 2.37. The highest BCUT2D eigenvalue weighted by molar-refractivity contribution is 6.42. The van der Waals surface area contributed by atoms with E-state index in [1.54, 1.807) is 29.2 Å². The van der Waals surface area contributed by atoms with Crippen LogP contribution in [0.1, 0.15) is 56.8 Å². The summed E-state index contributed by atoms with van der Waals surface area (Å²) in [5.74, 6) is 1.08. The fourth-order valence-electron chi connectivity index (χ4n) is 7.79. The molecule has 0 aromatic heterocycles. The predicted molar refractivity (Wildman–Crippen MR) is 232 cm³/mol. The summed E-state index contributed by atoms with van der Waals surface area (Å²) in [4.78, 5) is 32.2. The molecule has 0 spiro atoms. The van der Waals surface area contributed by atoms with Crippen LogP contribution in [0, 0.1) is 11.3 Å². The van der Waals surface area contributed by atoms with E-state index in [9.17, 15) is 9.59 Å². The van der Waals surface area contributed by atoms with E-state index in [2.05, 4.69) is 46.6 Å². The van der Waals surface area contributed by atoms with E-state index in [4.69, 9.17) is 37.9 Å². The van der Waals surface area contributed by atoms with Crippen molar-refractivity contribution in [1.29, 1.82) is 5.26 Å². The van der Waals surface area contributed by atoms with Crippen molar-refractivity contribution in [3.05, 3.63) is 182 Å². The highest BCUT2D eigenvalue weighted by atomic mass is 35.5. The molecule has 2 aliphatic rings. The molecular weight excluding hydrogens is 779 g/mol. The van der Waals surface area contributed by atoms with Gasteiger partial charge in [-0.05, 0) is 113 Å². The van der Waals surface area contributed by atoms with Gasteiger partial charge in [0.1, 0.15) is 30.3 Å². The van der Waals surface area contributed by atoms with Crippen LogP contribution < -0.4 is 19.7 Å². The number of rotatable bonds is 10. The molecule has 0 fully saturated rings. The second kappa shape index (κ2) is 17.3. The molecular formula is C49H42Cl2N4O4. The number of nitrogens with zero attached hydrogens (tertiary/aromatic N) is 3. The lowest BCUT2D eigenvalue weighted by atomic mass is 9.91. The first-order valence-corrected chi connectivity index (χ1v) is 20.3. The number of benzene rings is 6. The van der Waals surface area contributed by atoms with Crippen LogP contribution in [0.2, 0.25) is 10.0 Å². The third-order valence-corrected chi connectivity index (χ3v) is 11.7. The Balaban J connectivity index is 0.966. The first-order chi connectivity index (χ1) is 28.6. The van der Waals surface area contributed by atoms with Crippen LogP contribution in [0.4, 0.5) is 5.69 Å². The molecule has 0 aliphatic carbocycles. The van der Waals surface area contributed by atoms with Crippen LogP contribution in [0.3, 0.4) is 0 Å². The Morgan fingerprint density at radius 3 is 2.24 bits per heavy atom. The molecule has 6 aromatic carbocycles. The summed E-state index contributed by atoms with van der Waals surface area (Å²) < 4.78 is 12.7. The van der Waals surface area contributed by atoms with Crippen LogP contribution in [-0.2, 0) is 30.8 Å². The largest absolute Gasteiger partial charge is 0.489 e. The summed E-state index contributed by atoms with van der Waals surface area (Å²) in [6.07, 6.45) is 0.771. The van der Waals surface area contributed by atoms with E-state index < -0.39 is 6.04 Å². The zero-order chi connectivity index (χ0) is 41.0. The van der Waals surface area contributed by atoms with Gasteiger partial charge in [0.25, 0.3) is 5.91 Å². The van der Waals surface area contributed by atoms with Crippen molar-refractivity contribution in [2.45, 2.75) is 51.1 Å². The molecule has 1 unspecified atom stereocenters. The number of anilines is 1. The smallest absolute Gasteiger partial charge is 0.254 e. The Kier molecular flexibility index (Phi) is 11.6. The molecule has 0 bridgehead atoms. The Bertz CT molecular complexity index is 2520. The minimum Gasteiger partial charge on any atom is -0.489 e. The van der Waals surface area contributed by atoms with Gasteiger partial charge in [0.05, 0.1) is 33.9 Å². The third kappa shape index (κ3) is 8.92. The van der Waals surface area contributed by atoms with Gasteiger partial charge < -0.3 is 24.6 Å². The van der Waals surface area contributed by atoms with Crippen LogP contribution in [0.15, 0.2) is 133 Å². The number of ether oxygens (including phenoxy) is 2. The fourth-order valence-corrected chi connectivity index (χ4v) is 8.11. The molecule has 2 aliphatic heterocycles. The number of halogens is 2. The number of fused-ring (bicyclic) bond motifs is 2. The molecule has 10 heteroatoms. The summed E-state index contributed by atoms with van der Waals surface area (Å²) in [6, 6.07) is 43.7. The molecule has 8 nitrogen and oxygen atoms in total. The van der Waals surface area contributed by atoms with E-state index >= 15 is 0 Å². The molecule has 2 amide bonds. The monoisotopic (exact) mass is 820 g/mol. The Morgan fingerprint density at radius 2 is 1.54 bits per heavy atom. The lowest BCUT2D eigenvalue weighted by Gasteiger charge is -2.39. The summed E-state index contributed by atoms with van der Waals surface area (Å²) in [5, 5.41) is 13.4. The van der Waals surface area contributed by atoms with Gasteiger partial charge in [-0.25, -0.2) is 0 Å². The molecule has 8 rings (SSSR count). The van der Waals surface area contributed by atoms with Gasteiger partial charge in [-0.3, -0.25) is 9.59 Å². The van der Waals surface area contributed by atoms with Gasteiger partial charge in [-0.1, -0.05) is 96.0 Å². The molecule has 1 N–H and O–H groups in total. The number of nitriles is 1. The topological polar surface area (TPSA) is 94.9 Å². The van der Waals surface area contributed by atoms with Crippen molar-refractivity contribution >= 4 is 40.7 Å². The van der Waals surface area contributed by atoms with Crippen LogP contribution in [0.25, 0.3) is 11.1 Å². The van der Waals surface area contributed by atoms with Crippen molar-refractivity contribution in [3.63, 3.8) is 0 Å². The molecule has 2 heterocycles. The van der Waals surface area contributed by atoms with Crippen LogP contribution in [0.5, 0.6) is 11.5 Å². The van der Waals surface area contributed by atoms with Gasteiger partial charge in [0.15, 0.2) is 0 Å². The number of nitrogens with one attached hydrogen (secondary N) is 1. The summed E-state index contributed by atoms with van der Waals surface area (Å²) in [6.45, 7) is 3.25. The predicted octanol–water partition coefficient (Wildman–Crippen LogP) is 10.00. The summed E-state index contributed by atoms with van der Waals surface area (Å²) in [7, 11) is 2.05. The first-order valence-electron chi connectivity index (χ1n) is 19.6. The first kappa shape index (κ1) is 39.6. The van der Waals surface area contributed by atoms with Gasteiger partial charge >= 0.3 is 0 Å². The van der Waals surface area contributed by atoms with E-state index in [0.717, 1.165) is 56.1 Å². The number of hydrogen-bond donors (Lipinski definition) is 1. The lowest BCUT2D eigenvalue weighted by molar-refractivity contribution is -0.126. The molecule has 6 aromatic rings. The average Bonchev–Trinajstić information content (AvgIpc) is 3.26. The zero-order valence-electron chi connectivity index (χ0n) is 32.7. The number of likely N-dealkylation sites (N-methyl/N-ethyl adjacent to an activating group) is 1. The van der Waals surface area contributed by atoms with Gasteiger partial charge in [0, 0.05) is 31.6 Å². The Hall–Kier alpha value is -6.27. The second-order valence-corrected chi connectivity index (χ2v) is 16.0. The number of carbonyl (C=O) groups excluding carboxylic acids is 2. The zero-order valence-corrected chi connectivity index (χ0v) is 34.2. The molecule has 59 heavy (non-hydrogen) atoms. The Morgan fingerprint density at radius 1 is 0.847 bits per heavy atom. The third-order valence-electron chi connectivity index (χ3n) is 11.0. The van der Waals surface area contributed by atoms with Crippen molar-refractivity contribution < 1.29 is 19.1 Å². The van der Waals surface area contributed by atoms with Crippen molar-refractivity contribution in [2.75, 3.05) is 18.5 Å². The molecule has 296 valence electrons. The quantitative estimate of drug-likeness (QED) is 0.148. The van der Waals surface area contributed by atoms with E-state index in [0.29, 0.717) is 47.2 Å². The number of carbonyl (C=O) groups is 2. The normalized spacial score (nSPS) is 16.2. The number of amides is 2. The lowest BCUT2D eigenvalue weighted by Crippen LogP contribution is -2.54. The van der Waals surface area contributed by atoms with Gasteiger partial charge in [0.2, 0.25) is 5.91 Å². The minimum absolute atomic E-state index is 0.179. The summed E-state index contributed by atoms with van der Waals surface area (Å²) in [5.41, 5.74) is 9.17. The van der Waals surface area contributed by atoms with E-state index in [1.165, 1.54) is 0 Å². The van der Waals surface area contributed by atoms with Gasteiger partial charge in [-0.2, -0.15) is 5.26 Å². The maximum absolute atomic E-state index is 14.2. The minimum atomic E-state index is -0.700. The SMILES string of the molecule is C[C@H](Cc1ccc(-c2ccc(C#N)cc2)cc1)NC(=O)[C@@H]1Cc2cc3c(cc2CN1C(=O)c1ccccc1)OC(c1ccc(OCc2ccc(Cl)c(Cl)c2)cc1)CN3C. The standard InChI is InChI=1S/C49H42Cl2N4O4/c1-31(22-32-8-13-35(14-9-32)36-15-10-33(27-52)11-16-36)53-48(56)45-25-39-24-44-46(26-40(39)28-55(45)49(57)38-6-4-3-5-7-38)59-47(29-54(44)2)37-17-19-41(20-18-37)58-30-34-12-21-42(50)43(51)23-34/h3-21,23-24,26,31,45,47H,22,25,28-30H2,1-2H3,(H,53,56)/t31-,45+,47?/m1/s1. The molecule has 3 atom stereocenters. The van der Waals surface area contributed by atoms with Gasteiger partial charge in [-0.15, -0.1) is 0 Å². The van der Waals surface area contributed by atoms with Crippen LogP contribution in [-0.4, -0.2) is 42.4 Å². The maximum Gasteiger partial charge on any atom is 0.254 e. The van der Waals surface area contributed by atoms with Crippen molar-refractivity contribution in [2.24, 2.45) is 0 Å². The maximum atomic E-state index is 14.2. The fraction of sp³-hybridized carbons (Fsp3) is 0.204. The Labute approximate surface area is 354 Å². The van der Waals surface area contributed by atoms with E-state index in [1.807, 2.05) is 92.8 Å². The second-order valence-electron chi connectivity index (χ2n) is 15.2. The highest BCUT2D eigenvalue weighted by Crippen LogP contribution is 2.42. The van der Waals surface area contributed by atoms with Crippen molar-refractivity contribution in [1.82, 2.24) is 10.2 Å². The van der Waals surface area contributed by atoms with Crippen LogP contribution >= 0.6 is 23.2 Å². The van der Waals surface area contributed by atoms with Crippen molar-refractivity contribution in [3.8, 4) is 28.7 Å². The average molecular weight is 822 g/mol. The summed E-state index contributed by atoms with van der Waals surface area (Å²) >= 11 is 12.2. The molecule has 0 saturated carbocycles. The number of hydrogen-bond acceptors (Lipinski definition) is 6.